The second kappa shape index (κ2) is 3.81. The maximum Gasteiger partial charge on any atom is 0.265 e. The number of rotatable bonds is 1. The van der Waals surface area contributed by atoms with Crippen LogP contribution >= 0.6 is 11.3 Å². The highest BCUT2D eigenvalue weighted by atomic mass is 32.1. The molecule has 7 heteroatoms. The summed E-state index contributed by atoms with van der Waals surface area (Å²) in [4.78, 5) is 37.1. The lowest BCUT2D eigenvalue weighted by molar-refractivity contribution is -0.136. The third-order valence-electron chi connectivity index (χ3n) is 3.30. The quantitative estimate of drug-likeness (QED) is 0.704. The number of nitrogens with two attached hydrogens (primary N) is 1. The highest BCUT2D eigenvalue weighted by Crippen LogP contribution is 2.35. The normalized spacial score (nSPS) is 23.2. The molecule has 94 valence electrons. The van der Waals surface area contributed by atoms with Gasteiger partial charge in [-0.05, 0) is 6.42 Å². The molecule has 2 aliphatic heterocycles. The Kier molecular flexibility index (Phi) is 2.37. The van der Waals surface area contributed by atoms with Crippen LogP contribution in [-0.4, -0.2) is 28.7 Å². The number of nitrogens with zero attached hydrogens (tertiary/aromatic N) is 1. The maximum absolute atomic E-state index is 12.2. The highest BCUT2D eigenvalue weighted by Gasteiger charge is 2.40. The summed E-state index contributed by atoms with van der Waals surface area (Å²) < 4.78 is 0. The lowest BCUT2D eigenvalue weighted by Gasteiger charge is -2.29. The van der Waals surface area contributed by atoms with Gasteiger partial charge in [-0.2, -0.15) is 0 Å². The number of thiophene rings is 1. The van der Waals surface area contributed by atoms with Gasteiger partial charge < -0.3 is 10.6 Å². The van der Waals surface area contributed by atoms with Crippen molar-refractivity contribution in [3.63, 3.8) is 0 Å². The average Bonchev–Trinajstić information content (AvgIpc) is 2.82. The van der Waals surface area contributed by atoms with Crippen LogP contribution in [0.5, 0.6) is 0 Å². The molecule has 3 heterocycles. The molecule has 0 aliphatic carbocycles. The van der Waals surface area contributed by atoms with Crippen molar-refractivity contribution in [2.24, 2.45) is 0 Å². The van der Waals surface area contributed by atoms with Crippen molar-refractivity contribution in [2.75, 3.05) is 5.73 Å². The van der Waals surface area contributed by atoms with E-state index in [-0.39, 0.29) is 18.2 Å². The van der Waals surface area contributed by atoms with Crippen LogP contribution in [0.4, 0.5) is 5.69 Å². The number of anilines is 1. The van der Waals surface area contributed by atoms with E-state index in [0.29, 0.717) is 23.5 Å². The van der Waals surface area contributed by atoms with Gasteiger partial charge in [-0.15, -0.1) is 11.3 Å². The molecule has 0 bridgehead atoms. The summed E-state index contributed by atoms with van der Waals surface area (Å²) in [5.41, 5.74) is 7.18. The van der Waals surface area contributed by atoms with Gasteiger partial charge in [0, 0.05) is 23.1 Å². The van der Waals surface area contributed by atoms with Gasteiger partial charge in [0.1, 0.15) is 6.04 Å². The predicted octanol–water partition coefficient (Wildman–Crippen LogP) is 0.0913. The first kappa shape index (κ1) is 11.2. The van der Waals surface area contributed by atoms with Crippen molar-refractivity contribution in [3.8, 4) is 0 Å². The fourth-order valence-electron chi connectivity index (χ4n) is 2.34. The lowest BCUT2D eigenvalue weighted by atomic mass is 10.0. The SMILES string of the molecule is Nc1csc2c1CN(C1CCC(=O)NC1=O)C2=O. The molecule has 0 saturated carbocycles. The molecule has 1 saturated heterocycles. The van der Waals surface area contributed by atoms with Crippen LogP contribution in [0.2, 0.25) is 0 Å². The molecule has 1 aromatic heterocycles. The predicted molar refractivity (Wildman–Crippen MR) is 64.8 cm³/mol. The molecule has 1 fully saturated rings. The Labute approximate surface area is 107 Å². The maximum atomic E-state index is 12.2. The summed E-state index contributed by atoms with van der Waals surface area (Å²) in [5.74, 6) is -0.841. The number of carbonyl (C=O) groups excluding carboxylic acids is 3. The van der Waals surface area contributed by atoms with E-state index >= 15 is 0 Å². The molecule has 1 atom stereocenters. The Hall–Kier alpha value is -1.89. The minimum absolute atomic E-state index is 0.166. The van der Waals surface area contributed by atoms with Gasteiger partial charge in [0.2, 0.25) is 11.8 Å². The molecule has 0 spiro atoms. The summed E-state index contributed by atoms with van der Waals surface area (Å²) in [6.45, 7) is 0.357. The van der Waals surface area contributed by atoms with Crippen LogP contribution in [0.3, 0.4) is 0 Å². The van der Waals surface area contributed by atoms with Gasteiger partial charge in [0.05, 0.1) is 11.4 Å². The number of hydrogen-bond donors (Lipinski definition) is 2. The summed E-state index contributed by atoms with van der Waals surface area (Å²) in [5, 5.41) is 4.00. The fraction of sp³-hybridized carbons (Fsp3) is 0.364. The number of amides is 3. The van der Waals surface area contributed by atoms with Crippen LogP contribution in [0.15, 0.2) is 5.38 Å². The monoisotopic (exact) mass is 265 g/mol. The molecule has 0 aromatic carbocycles. The van der Waals surface area contributed by atoms with Gasteiger partial charge in [-0.1, -0.05) is 0 Å². The van der Waals surface area contributed by atoms with Crippen LogP contribution in [0.1, 0.15) is 28.1 Å². The van der Waals surface area contributed by atoms with Gasteiger partial charge in [-0.3, -0.25) is 19.7 Å². The molecule has 1 aromatic rings. The van der Waals surface area contributed by atoms with Crippen LogP contribution in [-0.2, 0) is 16.1 Å². The summed E-state index contributed by atoms with van der Waals surface area (Å²) in [6, 6.07) is -0.561. The highest BCUT2D eigenvalue weighted by molar-refractivity contribution is 7.12. The van der Waals surface area contributed by atoms with Crippen molar-refractivity contribution in [3.05, 3.63) is 15.8 Å². The van der Waals surface area contributed by atoms with E-state index < -0.39 is 11.9 Å². The lowest BCUT2D eigenvalue weighted by Crippen LogP contribution is -2.52. The number of imide groups is 1. The Bertz CT molecular complexity index is 566. The van der Waals surface area contributed by atoms with Crippen molar-refractivity contribution in [1.29, 1.82) is 0 Å². The van der Waals surface area contributed by atoms with Crippen molar-refractivity contribution in [2.45, 2.75) is 25.4 Å². The van der Waals surface area contributed by atoms with Crippen LogP contribution in [0.25, 0.3) is 0 Å². The Morgan fingerprint density at radius 1 is 1.39 bits per heavy atom. The van der Waals surface area contributed by atoms with E-state index in [1.54, 1.807) is 5.38 Å². The molecule has 2 aliphatic rings. The number of carbonyl (C=O) groups is 3. The third-order valence-corrected chi connectivity index (χ3v) is 4.32. The smallest absolute Gasteiger partial charge is 0.265 e. The molecule has 3 N–H and O–H groups in total. The first-order chi connectivity index (χ1) is 8.58. The van der Waals surface area contributed by atoms with E-state index in [0.717, 1.165) is 5.56 Å². The topological polar surface area (TPSA) is 92.5 Å². The zero-order valence-electron chi connectivity index (χ0n) is 9.43. The third kappa shape index (κ3) is 1.51. The second-order valence-electron chi connectivity index (χ2n) is 4.40. The van der Waals surface area contributed by atoms with Crippen molar-refractivity contribution < 1.29 is 14.4 Å². The number of fused-ring (bicyclic) bond motifs is 1. The zero-order valence-corrected chi connectivity index (χ0v) is 10.3. The van der Waals surface area contributed by atoms with E-state index in [2.05, 4.69) is 5.32 Å². The largest absolute Gasteiger partial charge is 0.398 e. The molecular weight excluding hydrogens is 254 g/mol. The fourth-order valence-corrected chi connectivity index (χ4v) is 3.27. The van der Waals surface area contributed by atoms with Crippen LogP contribution in [0, 0.1) is 0 Å². The number of piperidine rings is 1. The Balaban J connectivity index is 1.86. The van der Waals surface area contributed by atoms with Gasteiger partial charge >= 0.3 is 0 Å². The summed E-state index contributed by atoms with van der Waals surface area (Å²) in [7, 11) is 0. The first-order valence-electron chi connectivity index (χ1n) is 5.58. The minimum Gasteiger partial charge on any atom is -0.398 e. The molecule has 6 nitrogen and oxygen atoms in total. The molecule has 3 amide bonds. The second-order valence-corrected chi connectivity index (χ2v) is 5.28. The Morgan fingerprint density at radius 3 is 2.83 bits per heavy atom. The van der Waals surface area contributed by atoms with E-state index in [9.17, 15) is 14.4 Å². The number of nitrogens with one attached hydrogen (secondary N) is 1. The van der Waals surface area contributed by atoms with E-state index in [1.807, 2.05) is 0 Å². The molecule has 0 radical (unpaired) electrons. The zero-order chi connectivity index (χ0) is 12.9. The van der Waals surface area contributed by atoms with E-state index in [4.69, 9.17) is 5.73 Å². The number of nitrogen functional groups attached to an aromatic ring is 1. The first-order valence-corrected chi connectivity index (χ1v) is 6.46. The molecule has 3 rings (SSSR count). The van der Waals surface area contributed by atoms with E-state index in [1.165, 1.54) is 16.2 Å². The molecule has 18 heavy (non-hydrogen) atoms. The van der Waals surface area contributed by atoms with Gasteiger partial charge in [-0.25, -0.2) is 0 Å². The number of hydrogen-bond acceptors (Lipinski definition) is 5. The molecule has 1 unspecified atom stereocenters. The van der Waals surface area contributed by atoms with Crippen LogP contribution < -0.4 is 11.1 Å². The summed E-state index contributed by atoms with van der Waals surface area (Å²) in [6.07, 6.45) is 0.647. The van der Waals surface area contributed by atoms with Crippen molar-refractivity contribution in [1.82, 2.24) is 10.2 Å². The average molecular weight is 265 g/mol. The molecular formula is C11H11N3O3S. The Morgan fingerprint density at radius 2 is 2.17 bits per heavy atom. The summed E-state index contributed by atoms with van der Waals surface area (Å²) >= 11 is 1.30. The van der Waals surface area contributed by atoms with Gasteiger partial charge in [0.15, 0.2) is 0 Å². The van der Waals surface area contributed by atoms with Crippen molar-refractivity contribution >= 4 is 34.7 Å². The van der Waals surface area contributed by atoms with Gasteiger partial charge in [0.25, 0.3) is 5.91 Å². The standard InChI is InChI=1S/C11H11N3O3S/c12-6-4-18-9-5(6)3-14(11(9)17)7-1-2-8(15)13-10(7)16/h4,7H,1-3,12H2,(H,13,15,16). The minimum atomic E-state index is -0.561.